The Morgan fingerprint density at radius 2 is 2.30 bits per heavy atom. The molecule has 0 bridgehead atoms. The molecule has 0 aromatic rings. The van der Waals surface area contributed by atoms with Crippen LogP contribution in [0.1, 0.15) is 13.3 Å². The number of rotatable bonds is 1. The molecule has 0 saturated heterocycles. The van der Waals surface area contributed by atoms with E-state index in [4.69, 9.17) is 0 Å². The van der Waals surface area contributed by atoms with E-state index >= 15 is 0 Å². The lowest BCUT2D eigenvalue weighted by atomic mass is 9.92. The van der Waals surface area contributed by atoms with Crippen molar-refractivity contribution in [1.29, 1.82) is 0 Å². The van der Waals surface area contributed by atoms with E-state index < -0.39 is 5.60 Å². The van der Waals surface area contributed by atoms with Gasteiger partial charge in [0.1, 0.15) is 5.60 Å². The van der Waals surface area contributed by atoms with Gasteiger partial charge in [0.2, 0.25) is 0 Å². The Hall–Kier alpha value is -0.890. The standard InChI is InChI=1S/C8H10O2/c1-7(9)8(10)5-3-2-4-6-8/h2-5,10H,6H2,1H3/t8-/m1/s1. The molecule has 0 aromatic carbocycles. The highest BCUT2D eigenvalue weighted by Crippen LogP contribution is 2.17. The Bertz CT molecular complexity index is 203. The summed E-state index contributed by atoms with van der Waals surface area (Å²) in [6.45, 7) is 1.39. The number of hydrogen-bond acceptors (Lipinski definition) is 2. The molecular formula is C8H10O2. The van der Waals surface area contributed by atoms with Crippen molar-refractivity contribution in [2.75, 3.05) is 0 Å². The zero-order valence-corrected chi connectivity index (χ0v) is 5.87. The maximum Gasteiger partial charge on any atom is 0.165 e. The number of ketones is 1. The Kier molecular flexibility index (Phi) is 1.72. The number of carbonyl (C=O) groups excluding carboxylic acids is 1. The van der Waals surface area contributed by atoms with Crippen LogP contribution in [0.5, 0.6) is 0 Å². The first kappa shape index (κ1) is 7.22. The van der Waals surface area contributed by atoms with E-state index in [9.17, 15) is 9.90 Å². The van der Waals surface area contributed by atoms with E-state index in [1.165, 1.54) is 13.0 Å². The second kappa shape index (κ2) is 2.39. The van der Waals surface area contributed by atoms with Crippen molar-refractivity contribution in [3.8, 4) is 0 Å². The Labute approximate surface area is 59.9 Å². The minimum absolute atomic E-state index is 0.201. The first-order valence-corrected chi connectivity index (χ1v) is 3.23. The molecule has 10 heavy (non-hydrogen) atoms. The summed E-state index contributed by atoms with van der Waals surface area (Å²) in [5, 5.41) is 9.46. The minimum atomic E-state index is -1.23. The van der Waals surface area contributed by atoms with Crippen molar-refractivity contribution < 1.29 is 9.90 Å². The molecule has 0 amide bonds. The van der Waals surface area contributed by atoms with Crippen LogP contribution in [0.3, 0.4) is 0 Å². The molecule has 1 aliphatic rings. The van der Waals surface area contributed by atoms with Crippen LogP contribution in [0.15, 0.2) is 24.3 Å². The van der Waals surface area contributed by atoms with Crippen molar-refractivity contribution in [2.24, 2.45) is 0 Å². The van der Waals surface area contributed by atoms with Crippen molar-refractivity contribution in [3.05, 3.63) is 24.3 Å². The van der Waals surface area contributed by atoms with E-state index in [2.05, 4.69) is 0 Å². The Morgan fingerprint density at radius 1 is 1.60 bits per heavy atom. The second-order valence-electron chi connectivity index (χ2n) is 2.47. The third-order valence-corrected chi connectivity index (χ3v) is 1.66. The van der Waals surface area contributed by atoms with Gasteiger partial charge in [0.15, 0.2) is 5.78 Å². The van der Waals surface area contributed by atoms with Gasteiger partial charge in [-0.25, -0.2) is 0 Å². The number of hydrogen-bond donors (Lipinski definition) is 1. The lowest BCUT2D eigenvalue weighted by molar-refractivity contribution is -0.130. The zero-order valence-electron chi connectivity index (χ0n) is 5.87. The Morgan fingerprint density at radius 3 is 2.60 bits per heavy atom. The van der Waals surface area contributed by atoms with Crippen molar-refractivity contribution in [1.82, 2.24) is 0 Å². The quantitative estimate of drug-likeness (QED) is 0.582. The third kappa shape index (κ3) is 1.16. The zero-order chi connectivity index (χ0) is 7.61. The van der Waals surface area contributed by atoms with Crippen LogP contribution >= 0.6 is 0 Å². The largest absolute Gasteiger partial charge is 0.378 e. The monoisotopic (exact) mass is 138 g/mol. The van der Waals surface area contributed by atoms with E-state index in [0.29, 0.717) is 6.42 Å². The topological polar surface area (TPSA) is 37.3 Å². The van der Waals surface area contributed by atoms with Gasteiger partial charge >= 0.3 is 0 Å². The smallest absolute Gasteiger partial charge is 0.165 e. The van der Waals surface area contributed by atoms with Crippen LogP contribution in [0.2, 0.25) is 0 Å². The van der Waals surface area contributed by atoms with Gasteiger partial charge in [-0.05, 0) is 13.0 Å². The second-order valence-corrected chi connectivity index (χ2v) is 2.47. The Balaban J connectivity index is 2.80. The number of allylic oxidation sites excluding steroid dienone is 2. The first-order chi connectivity index (χ1) is 4.65. The molecule has 0 spiro atoms. The lowest BCUT2D eigenvalue weighted by Gasteiger charge is -2.20. The molecule has 0 saturated carbocycles. The van der Waals surface area contributed by atoms with Crippen molar-refractivity contribution in [3.63, 3.8) is 0 Å². The van der Waals surface area contributed by atoms with Gasteiger partial charge in [-0.2, -0.15) is 0 Å². The van der Waals surface area contributed by atoms with Crippen molar-refractivity contribution >= 4 is 5.78 Å². The molecule has 0 aromatic heterocycles. The normalized spacial score (nSPS) is 30.6. The van der Waals surface area contributed by atoms with E-state index in [1.54, 1.807) is 12.2 Å². The maximum atomic E-state index is 10.8. The fraction of sp³-hybridized carbons (Fsp3) is 0.375. The summed E-state index contributed by atoms with van der Waals surface area (Å²) in [7, 11) is 0. The van der Waals surface area contributed by atoms with Gasteiger partial charge in [-0.15, -0.1) is 0 Å². The van der Waals surface area contributed by atoms with Crippen molar-refractivity contribution in [2.45, 2.75) is 18.9 Å². The van der Waals surface area contributed by atoms with Crippen LogP contribution in [-0.4, -0.2) is 16.5 Å². The molecular weight excluding hydrogens is 128 g/mol. The van der Waals surface area contributed by atoms with Gasteiger partial charge in [0, 0.05) is 6.42 Å². The first-order valence-electron chi connectivity index (χ1n) is 3.23. The highest BCUT2D eigenvalue weighted by atomic mass is 16.3. The van der Waals surface area contributed by atoms with Gasteiger partial charge in [0.25, 0.3) is 0 Å². The fourth-order valence-electron chi connectivity index (χ4n) is 0.870. The molecule has 1 aliphatic carbocycles. The number of aliphatic hydroxyl groups is 1. The van der Waals surface area contributed by atoms with Crippen LogP contribution < -0.4 is 0 Å². The maximum absolute atomic E-state index is 10.8. The molecule has 0 aliphatic heterocycles. The summed E-state index contributed by atoms with van der Waals surface area (Å²) < 4.78 is 0. The van der Waals surface area contributed by atoms with Gasteiger partial charge in [-0.1, -0.05) is 18.2 Å². The average molecular weight is 138 g/mol. The predicted octanol–water partition coefficient (Wildman–Crippen LogP) is 0.823. The predicted molar refractivity (Wildman–Crippen MR) is 38.5 cm³/mol. The summed E-state index contributed by atoms with van der Waals surface area (Å²) in [5.74, 6) is -0.201. The van der Waals surface area contributed by atoms with E-state index in [-0.39, 0.29) is 5.78 Å². The highest BCUT2D eigenvalue weighted by Gasteiger charge is 2.28. The van der Waals surface area contributed by atoms with Gasteiger partial charge in [0.05, 0.1) is 0 Å². The molecule has 0 fully saturated rings. The summed E-state index contributed by atoms with van der Waals surface area (Å²) in [4.78, 5) is 10.8. The molecule has 1 rings (SSSR count). The van der Waals surface area contributed by atoms with Crippen LogP contribution in [0.25, 0.3) is 0 Å². The van der Waals surface area contributed by atoms with Gasteiger partial charge < -0.3 is 5.11 Å². The minimum Gasteiger partial charge on any atom is -0.378 e. The molecule has 2 heteroatoms. The van der Waals surface area contributed by atoms with Gasteiger partial charge in [-0.3, -0.25) is 4.79 Å². The van der Waals surface area contributed by atoms with E-state index in [1.807, 2.05) is 6.08 Å². The number of carbonyl (C=O) groups is 1. The van der Waals surface area contributed by atoms with Crippen LogP contribution in [0.4, 0.5) is 0 Å². The van der Waals surface area contributed by atoms with Crippen LogP contribution in [0, 0.1) is 0 Å². The summed E-state index contributed by atoms with van der Waals surface area (Å²) in [6, 6.07) is 0. The highest BCUT2D eigenvalue weighted by molar-refractivity contribution is 5.87. The SMILES string of the molecule is CC(=O)[C@@]1(O)C=CC=CC1. The number of Topliss-reactive ketones (excluding diaryl/α,β-unsaturated/α-hetero) is 1. The summed E-state index contributed by atoms with van der Waals surface area (Å²) in [5.41, 5.74) is -1.23. The third-order valence-electron chi connectivity index (χ3n) is 1.66. The molecule has 0 radical (unpaired) electrons. The average Bonchev–Trinajstić information content (AvgIpc) is 1.89. The summed E-state index contributed by atoms with van der Waals surface area (Å²) >= 11 is 0. The molecule has 0 unspecified atom stereocenters. The fourth-order valence-corrected chi connectivity index (χ4v) is 0.870. The van der Waals surface area contributed by atoms with E-state index in [0.717, 1.165) is 0 Å². The molecule has 1 N–H and O–H groups in total. The van der Waals surface area contributed by atoms with Crippen LogP contribution in [-0.2, 0) is 4.79 Å². The lowest BCUT2D eigenvalue weighted by Crippen LogP contribution is -2.34. The molecule has 0 heterocycles. The molecule has 54 valence electrons. The molecule has 1 atom stereocenters. The molecule has 2 nitrogen and oxygen atoms in total. The summed E-state index contributed by atoms with van der Waals surface area (Å²) in [6.07, 6.45) is 7.21.